The molecule has 6 rings (SSSR count). The number of carbonyl (C=O) groups is 1. The van der Waals surface area contributed by atoms with Gasteiger partial charge in [-0.3, -0.25) is 0 Å². The van der Waals surface area contributed by atoms with E-state index in [9.17, 15) is 18.0 Å². The highest BCUT2D eigenvalue weighted by molar-refractivity contribution is 5.86. The number of fused-ring (bicyclic) bond motifs is 2. The molecule has 1 saturated carbocycles. The van der Waals surface area contributed by atoms with E-state index in [-0.39, 0.29) is 36.1 Å². The van der Waals surface area contributed by atoms with Gasteiger partial charge in [-0.05, 0) is 56.1 Å². The molecule has 3 fully saturated rings. The predicted octanol–water partition coefficient (Wildman–Crippen LogP) is 5.87. The summed E-state index contributed by atoms with van der Waals surface area (Å²) in [5.74, 6) is 0.563. The average Bonchev–Trinajstić information content (AvgIpc) is 3.62. The second-order valence-electron chi connectivity index (χ2n) is 10.4. The zero-order valence-corrected chi connectivity index (χ0v) is 21.0. The summed E-state index contributed by atoms with van der Waals surface area (Å²) in [5, 5.41) is 0. The zero-order valence-electron chi connectivity index (χ0n) is 21.0. The number of rotatable bonds is 7. The summed E-state index contributed by atoms with van der Waals surface area (Å²) in [6.45, 7) is 0.272. The first-order chi connectivity index (χ1) is 18.3. The van der Waals surface area contributed by atoms with Crippen LogP contribution in [0, 0.1) is 0 Å². The lowest BCUT2D eigenvalue weighted by Crippen LogP contribution is -2.46. The molecular weight excluding hydrogens is 497 g/mol. The number of aromatic nitrogens is 3. The normalized spacial score (nSPS) is 23.1. The van der Waals surface area contributed by atoms with Crippen LogP contribution in [0.1, 0.15) is 71.8 Å². The number of anilines is 1. The second kappa shape index (κ2) is 9.72. The van der Waals surface area contributed by atoms with Crippen LogP contribution in [-0.4, -0.2) is 46.2 Å². The van der Waals surface area contributed by atoms with Gasteiger partial charge in [0.1, 0.15) is 5.82 Å². The van der Waals surface area contributed by atoms with Gasteiger partial charge >= 0.3 is 12.1 Å². The van der Waals surface area contributed by atoms with Crippen molar-refractivity contribution >= 4 is 11.8 Å². The summed E-state index contributed by atoms with van der Waals surface area (Å²) in [6.07, 6.45) is 6.01. The van der Waals surface area contributed by atoms with Crippen molar-refractivity contribution in [3.8, 4) is 11.1 Å². The van der Waals surface area contributed by atoms with Crippen molar-refractivity contribution in [3.05, 3.63) is 65.4 Å². The maximum Gasteiger partial charge on any atom is 0.417 e. The first-order valence-corrected chi connectivity index (χ1v) is 13.0. The monoisotopic (exact) mass is 526 g/mol. The number of alkyl halides is 3. The van der Waals surface area contributed by atoms with Gasteiger partial charge in [0, 0.05) is 35.1 Å². The van der Waals surface area contributed by atoms with Gasteiger partial charge in [-0.15, -0.1) is 0 Å². The maximum atomic E-state index is 13.8. The lowest BCUT2D eigenvalue weighted by molar-refractivity contribution is -0.137. The van der Waals surface area contributed by atoms with Crippen LogP contribution < -0.4 is 4.90 Å². The highest BCUT2D eigenvalue weighted by atomic mass is 19.4. The molecule has 0 radical (unpaired) electrons. The Balaban J connectivity index is 1.19. The lowest BCUT2D eigenvalue weighted by Gasteiger charge is -2.39. The van der Waals surface area contributed by atoms with Crippen LogP contribution in [0.4, 0.5) is 19.0 Å². The van der Waals surface area contributed by atoms with E-state index in [0.29, 0.717) is 11.5 Å². The summed E-state index contributed by atoms with van der Waals surface area (Å²) >= 11 is 0. The molecule has 2 saturated heterocycles. The Morgan fingerprint density at radius 3 is 2.42 bits per heavy atom. The number of hydrogen-bond donors (Lipinski definition) is 1. The van der Waals surface area contributed by atoms with Crippen molar-refractivity contribution in [3.63, 3.8) is 0 Å². The predicted molar refractivity (Wildman–Crippen MR) is 134 cm³/mol. The molecule has 3 aliphatic rings. The number of methoxy groups -OCH3 is 1. The van der Waals surface area contributed by atoms with E-state index in [0.717, 1.165) is 61.7 Å². The molecule has 38 heavy (non-hydrogen) atoms. The number of esters is 1. The van der Waals surface area contributed by atoms with Crippen molar-refractivity contribution < 1.29 is 27.4 Å². The van der Waals surface area contributed by atoms with Gasteiger partial charge < -0.3 is 19.4 Å². The highest BCUT2D eigenvalue weighted by Gasteiger charge is 2.42. The van der Waals surface area contributed by atoms with Crippen LogP contribution >= 0.6 is 0 Å². The Labute approximate surface area is 218 Å². The van der Waals surface area contributed by atoms with Crippen LogP contribution in [0.15, 0.2) is 42.9 Å². The molecule has 1 aromatic carbocycles. The molecule has 0 spiro atoms. The highest BCUT2D eigenvalue weighted by Crippen LogP contribution is 2.46. The number of H-pyrrole nitrogens is 1. The number of nitrogens with one attached hydrogen (secondary N) is 1. The minimum Gasteiger partial charge on any atom is -0.464 e. The number of piperidine rings is 1. The molecule has 1 N–H and O–H groups in total. The topological polar surface area (TPSA) is 80.3 Å². The minimum atomic E-state index is -4.43. The molecule has 1 aliphatic carbocycles. The summed E-state index contributed by atoms with van der Waals surface area (Å²) < 4.78 is 52.5. The standard InChI is InChI=1S/C28H29F3N4O3/c1-37-27(36)24-13-33-25(14-32-24)35-17-8-9-18(35)11-19(10-17)38-15-22-21(12-34-26(22)16-6-7-16)20-4-2-3-5-23(20)28(29,30)31/h2-5,12-14,16-19,34H,6-11,15H2,1H3. The van der Waals surface area contributed by atoms with Gasteiger partial charge in [-0.25, -0.2) is 14.8 Å². The summed E-state index contributed by atoms with van der Waals surface area (Å²) in [7, 11) is 1.31. The number of ether oxygens (including phenoxy) is 2. The van der Waals surface area contributed by atoms with Crippen LogP contribution in [0.2, 0.25) is 0 Å². The molecule has 2 aromatic heterocycles. The Hall–Kier alpha value is -3.40. The van der Waals surface area contributed by atoms with E-state index in [2.05, 4.69) is 19.9 Å². The molecule has 2 aliphatic heterocycles. The van der Waals surface area contributed by atoms with E-state index in [4.69, 9.17) is 9.47 Å². The van der Waals surface area contributed by atoms with E-state index in [1.807, 2.05) is 0 Å². The third kappa shape index (κ3) is 4.66. The van der Waals surface area contributed by atoms with Crippen molar-refractivity contribution in [2.45, 2.75) is 75.4 Å². The maximum absolute atomic E-state index is 13.8. The fourth-order valence-corrected chi connectivity index (χ4v) is 6.07. The molecule has 2 atom stereocenters. The SMILES string of the molecule is COC(=O)c1cnc(N2C3CCC2CC(OCc2c(-c4ccccc4C(F)(F)F)c[nH]c2C2CC2)C3)cn1. The van der Waals surface area contributed by atoms with Crippen LogP contribution in [0.3, 0.4) is 0 Å². The van der Waals surface area contributed by atoms with Crippen molar-refractivity contribution in [2.75, 3.05) is 12.0 Å². The average molecular weight is 527 g/mol. The van der Waals surface area contributed by atoms with Crippen molar-refractivity contribution in [2.24, 2.45) is 0 Å². The van der Waals surface area contributed by atoms with Crippen LogP contribution in [-0.2, 0) is 22.3 Å². The molecule has 200 valence electrons. The Bertz CT molecular complexity index is 1310. The number of carbonyl (C=O) groups excluding carboxylic acids is 1. The number of hydrogen-bond acceptors (Lipinski definition) is 6. The van der Waals surface area contributed by atoms with Gasteiger partial charge in [-0.2, -0.15) is 13.2 Å². The van der Waals surface area contributed by atoms with Gasteiger partial charge in [-0.1, -0.05) is 18.2 Å². The number of benzene rings is 1. The van der Waals surface area contributed by atoms with Gasteiger partial charge in [0.2, 0.25) is 0 Å². The minimum absolute atomic E-state index is 0.00119. The lowest BCUT2D eigenvalue weighted by atomic mass is 9.96. The first-order valence-electron chi connectivity index (χ1n) is 13.0. The molecule has 10 heteroatoms. The van der Waals surface area contributed by atoms with Crippen molar-refractivity contribution in [1.82, 2.24) is 15.0 Å². The van der Waals surface area contributed by atoms with Crippen LogP contribution in [0.25, 0.3) is 11.1 Å². The third-order valence-electron chi connectivity index (χ3n) is 7.98. The summed E-state index contributed by atoms with van der Waals surface area (Å²) in [6, 6.07) is 6.21. The number of aromatic amines is 1. The number of halogens is 3. The Morgan fingerprint density at radius 2 is 1.79 bits per heavy atom. The third-order valence-corrected chi connectivity index (χ3v) is 7.98. The fourth-order valence-electron chi connectivity index (χ4n) is 6.07. The van der Waals surface area contributed by atoms with Gasteiger partial charge in [0.05, 0.1) is 37.8 Å². The second-order valence-corrected chi connectivity index (χ2v) is 10.4. The molecular formula is C28H29F3N4O3. The smallest absolute Gasteiger partial charge is 0.417 e. The summed E-state index contributed by atoms with van der Waals surface area (Å²) in [5.41, 5.74) is 2.13. The fraction of sp³-hybridized carbons (Fsp3) is 0.464. The largest absolute Gasteiger partial charge is 0.464 e. The van der Waals surface area contributed by atoms with E-state index < -0.39 is 17.7 Å². The molecule has 4 heterocycles. The first kappa shape index (κ1) is 24.9. The molecule has 7 nitrogen and oxygen atoms in total. The quantitative estimate of drug-likeness (QED) is 0.388. The molecule has 2 bridgehead atoms. The number of nitrogens with zero attached hydrogens (tertiary/aromatic N) is 3. The van der Waals surface area contributed by atoms with Gasteiger partial charge in [0.25, 0.3) is 0 Å². The van der Waals surface area contributed by atoms with E-state index >= 15 is 0 Å². The van der Waals surface area contributed by atoms with E-state index in [1.165, 1.54) is 25.4 Å². The Morgan fingerprint density at radius 1 is 1.05 bits per heavy atom. The molecule has 0 amide bonds. The molecule has 3 aromatic rings. The zero-order chi connectivity index (χ0) is 26.4. The summed E-state index contributed by atoms with van der Waals surface area (Å²) in [4.78, 5) is 25.9. The van der Waals surface area contributed by atoms with Gasteiger partial charge in [0.15, 0.2) is 5.69 Å². The Kier molecular flexibility index (Phi) is 6.37. The van der Waals surface area contributed by atoms with Crippen molar-refractivity contribution in [1.29, 1.82) is 0 Å². The molecule has 2 unspecified atom stereocenters. The van der Waals surface area contributed by atoms with Crippen LogP contribution in [0.5, 0.6) is 0 Å². The van der Waals surface area contributed by atoms with E-state index in [1.54, 1.807) is 18.5 Å².